The number of aryl methyl sites for hydroxylation is 1. The Morgan fingerprint density at radius 3 is 2.90 bits per heavy atom. The minimum Gasteiger partial charge on any atom is -0.376 e. The zero-order valence-electron chi connectivity index (χ0n) is 12.5. The maximum Gasteiger partial charge on any atom is 0.268 e. The first-order valence-corrected chi connectivity index (χ1v) is 8.24. The molecule has 0 saturated heterocycles. The van der Waals surface area contributed by atoms with Crippen molar-refractivity contribution in [2.24, 2.45) is 5.73 Å². The van der Waals surface area contributed by atoms with Crippen LogP contribution in [-0.2, 0) is 16.7 Å². The van der Waals surface area contributed by atoms with Crippen molar-refractivity contribution < 1.29 is 9.26 Å². The average Bonchev–Trinajstić information content (AvgIpc) is 3.05. The van der Waals surface area contributed by atoms with E-state index in [4.69, 9.17) is 15.0 Å². The van der Waals surface area contributed by atoms with Crippen LogP contribution in [0.3, 0.4) is 0 Å². The first-order valence-electron chi connectivity index (χ1n) is 7.42. The molecule has 1 atom stereocenters. The Kier molecular flexibility index (Phi) is 4.10. The lowest BCUT2D eigenvalue weighted by Crippen LogP contribution is -2.41. The molecule has 0 bridgehead atoms. The summed E-state index contributed by atoms with van der Waals surface area (Å²) in [6.07, 6.45) is 4.86. The Morgan fingerprint density at radius 2 is 2.29 bits per heavy atom. The number of rotatable bonds is 6. The van der Waals surface area contributed by atoms with E-state index in [9.17, 15) is 0 Å². The third kappa shape index (κ3) is 3.17. The van der Waals surface area contributed by atoms with Gasteiger partial charge in [0.2, 0.25) is 0 Å². The van der Waals surface area contributed by atoms with E-state index >= 15 is 0 Å². The zero-order chi connectivity index (χ0) is 14.9. The molecule has 0 aromatic carbocycles. The number of hydrogen-bond acceptors (Lipinski definition) is 6. The van der Waals surface area contributed by atoms with Crippen LogP contribution in [0.4, 0.5) is 0 Å². The third-order valence-electron chi connectivity index (χ3n) is 3.83. The van der Waals surface area contributed by atoms with Crippen molar-refractivity contribution in [1.82, 2.24) is 10.1 Å². The molecular formula is C15H21N3O2S. The molecule has 2 heterocycles. The van der Waals surface area contributed by atoms with Gasteiger partial charge in [0.25, 0.3) is 5.89 Å². The summed E-state index contributed by atoms with van der Waals surface area (Å²) in [4.78, 5) is 6.74. The lowest BCUT2D eigenvalue weighted by Gasteiger charge is -2.29. The zero-order valence-corrected chi connectivity index (χ0v) is 13.3. The van der Waals surface area contributed by atoms with Crippen molar-refractivity contribution in [2.75, 3.05) is 6.61 Å². The van der Waals surface area contributed by atoms with E-state index in [-0.39, 0.29) is 0 Å². The molecule has 1 saturated carbocycles. The van der Waals surface area contributed by atoms with Gasteiger partial charge < -0.3 is 15.0 Å². The van der Waals surface area contributed by atoms with Crippen molar-refractivity contribution in [3.05, 3.63) is 22.8 Å². The molecule has 1 aliphatic rings. The fourth-order valence-corrected chi connectivity index (χ4v) is 3.00. The highest BCUT2D eigenvalue weighted by atomic mass is 32.1. The second kappa shape index (κ2) is 5.87. The molecule has 6 heteroatoms. The summed E-state index contributed by atoms with van der Waals surface area (Å²) < 4.78 is 11.1. The van der Waals surface area contributed by atoms with Crippen LogP contribution in [0.15, 0.2) is 16.7 Å². The number of ether oxygens (including phenoxy) is 1. The SMILES string of the molecule is CCc1ccc(-c2nc(C(C)(N)COC3CCC3)no2)s1. The Morgan fingerprint density at radius 1 is 1.48 bits per heavy atom. The fraction of sp³-hybridized carbons (Fsp3) is 0.600. The van der Waals surface area contributed by atoms with Gasteiger partial charge in [-0.1, -0.05) is 12.1 Å². The maximum atomic E-state index is 6.28. The molecule has 2 aromatic heterocycles. The first kappa shape index (κ1) is 14.7. The maximum absolute atomic E-state index is 6.28. The lowest BCUT2D eigenvalue weighted by atomic mass is 9.95. The van der Waals surface area contributed by atoms with E-state index in [2.05, 4.69) is 23.1 Å². The molecule has 2 aromatic rings. The molecule has 0 aliphatic heterocycles. The van der Waals surface area contributed by atoms with Crippen LogP contribution in [0.25, 0.3) is 10.8 Å². The van der Waals surface area contributed by atoms with E-state index in [1.54, 1.807) is 11.3 Å². The lowest BCUT2D eigenvalue weighted by molar-refractivity contribution is -0.0222. The molecule has 2 N–H and O–H groups in total. The van der Waals surface area contributed by atoms with Crippen LogP contribution in [-0.4, -0.2) is 22.9 Å². The van der Waals surface area contributed by atoms with Crippen LogP contribution in [0.5, 0.6) is 0 Å². The van der Waals surface area contributed by atoms with Gasteiger partial charge in [0, 0.05) is 4.88 Å². The first-order chi connectivity index (χ1) is 10.1. The Labute approximate surface area is 128 Å². The van der Waals surface area contributed by atoms with Gasteiger partial charge in [-0.25, -0.2) is 0 Å². The number of aromatic nitrogens is 2. The second-order valence-corrected chi connectivity index (χ2v) is 6.99. The number of nitrogens with two attached hydrogens (primary N) is 1. The van der Waals surface area contributed by atoms with Crippen LogP contribution in [0.2, 0.25) is 0 Å². The summed E-state index contributed by atoms with van der Waals surface area (Å²) >= 11 is 1.67. The fourth-order valence-electron chi connectivity index (χ4n) is 2.13. The summed E-state index contributed by atoms with van der Waals surface area (Å²) in [5.41, 5.74) is 5.56. The average molecular weight is 307 g/mol. The predicted octanol–water partition coefficient (Wildman–Crippen LogP) is 3.10. The standard InChI is InChI=1S/C15H21N3O2S/c1-3-11-7-8-12(21-11)13-17-14(18-20-13)15(2,16)9-19-10-5-4-6-10/h7-8,10H,3-6,9,16H2,1-2H3. The normalized spacial score (nSPS) is 18.4. The Hall–Kier alpha value is -1.24. The molecule has 1 fully saturated rings. The van der Waals surface area contributed by atoms with Gasteiger partial charge in [-0.05, 0) is 44.7 Å². The topological polar surface area (TPSA) is 74.2 Å². The van der Waals surface area contributed by atoms with Gasteiger partial charge in [0.1, 0.15) is 5.54 Å². The van der Waals surface area contributed by atoms with Crippen molar-refractivity contribution >= 4 is 11.3 Å². The summed E-state index contributed by atoms with van der Waals surface area (Å²) in [5, 5.41) is 4.04. The molecular weight excluding hydrogens is 286 g/mol. The molecule has 1 unspecified atom stereocenters. The molecule has 21 heavy (non-hydrogen) atoms. The van der Waals surface area contributed by atoms with Gasteiger partial charge in [-0.15, -0.1) is 11.3 Å². The number of hydrogen-bond donors (Lipinski definition) is 1. The van der Waals surface area contributed by atoms with Crippen LogP contribution in [0.1, 0.15) is 43.8 Å². The van der Waals surface area contributed by atoms with Crippen LogP contribution in [0, 0.1) is 0 Å². The Balaban J connectivity index is 1.70. The van der Waals surface area contributed by atoms with Crippen molar-refractivity contribution in [2.45, 2.75) is 51.2 Å². The van der Waals surface area contributed by atoms with Crippen LogP contribution >= 0.6 is 11.3 Å². The molecule has 0 amide bonds. The minimum atomic E-state index is -0.720. The third-order valence-corrected chi connectivity index (χ3v) is 5.05. The van der Waals surface area contributed by atoms with Crippen molar-refractivity contribution in [3.63, 3.8) is 0 Å². The summed E-state index contributed by atoms with van der Waals surface area (Å²) in [7, 11) is 0. The Bertz CT molecular complexity index is 602. The molecule has 1 aliphatic carbocycles. The molecule has 5 nitrogen and oxygen atoms in total. The van der Waals surface area contributed by atoms with Gasteiger partial charge in [0.15, 0.2) is 5.82 Å². The van der Waals surface area contributed by atoms with Gasteiger partial charge >= 0.3 is 0 Å². The van der Waals surface area contributed by atoms with E-state index in [0.29, 0.717) is 24.4 Å². The van der Waals surface area contributed by atoms with E-state index in [0.717, 1.165) is 24.1 Å². The molecule has 3 rings (SSSR count). The van der Waals surface area contributed by atoms with Gasteiger partial charge in [-0.3, -0.25) is 0 Å². The number of nitrogens with zero attached hydrogens (tertiary/aromatic N) is 2. The molecule has 0 radical (unpaired) electrons. The summed E-state index contributed by atoms with van der Waals surface area (Å²) in [6, 6.07) is 4.10. The highest BCUT2D eigenvalue weighted by Crippen LogP contribution is 2.29. The van der Waals surface area contributed by atoms with E-state index in [1.807, 2.05) is 13.0 Å². The summed E-state index contributed by atoms with van der Waals surface area (Å²) in [6.45, 7) is 4.43. The quantitative estimate of drug-likeness (QED) is 0.887. The van der Waals surface area contributed by atoms with E-state index < -0.39 is 5.54 Å². The van der Waals surface area contributed by atoms with Gasteiger partial charge in [0.05, 0.1) is 17.6 Å². The van der Waals surface area contributed by atoms with Crippen molar-refractivity contribution in [3.8, 4) is 10.8 Å². The minimum absolute atomic E-state index is 0.351. The highest BCUT2D eigenvalue weighted by Gasteiger charge is 2.30. The monoisotopic (exact) mass is 307 g/mol. The number of thiophene rings is 1. The highest BCUT2D eigenvalue weighted by molar-refractivity contribution is 7.15. The van der Waals surface area contributed by atoms with Crippen LogP contribution < -0.4 is 5.73 Å². The van der Waals surface area contributed by atoms with Crippen molar-refractivity contribution in [1.29, 1.82) is 0 Å². The second-order valence-electron chi connectivity index (χ2n) is 5.82. The molecule has 0 spiro atoms. The van der Waals surface area contributed by atoms with E-state index in [1.165, 1.54) is 11.3 Å². The molecule has 114 valence electrons. The summed E-state index contributed by atoms with van der Waals surface area (Å²) in [5.74, 6) is 1.04. The largest absolute Gasteiger partial charge is 0.376 e. The predicted molar refractivity (Wildman–Crippen MR) is 82.1 cm³/mol. The van der Waals surface area contributed by atoms with Gasteiger partial charge in [-0.2, -0.15) is 4.98 Å². The smallest absolute Gasteiger partial charge is 0.268 e.